The molecule has 0 spiro atoms. The first-order chi connectivity index (χ1) is 8.24. The van der Waals surface area contributed by atoms with Crippen LogP contribution in [0.2, 0.25) is 0 Å². The lowest BCUT2D eigenvalue weighted by molar-refractivity contribution is 0.0643. The van der Waals surface area contributed by atoms with Crippen LogP contribution in [-0.2, 0) is 4.74 Å². The quantitative estimate of drug-likeness (QED) is 0.609. The van der Waals surface area contributed by atoms with E-state index in [1.54, 1.807) is 0 Å². The van der Waals surface area contributed by atoms with E-state index in [9.17, 15) is 0 Å². The summed E-state index contributed by atoms with van der Waals surface area (Å²) in [5.74, 6) is 0. The zero-order chi connectivity index (χ0) is 12.5. The molecule has 0 aromatic rings. The van der Waals surface area contributed by atoms with Gasteiger partial charge >= 0.3 is 0 Å². The van der Waals surface area contributed by atoms with Crippen molar-refractivity contribution in [3.63, 3.8) is 0 Å². The van der Waals surface area contributed by atoms with Gasteiger partial charge in [0.2, 0.25) is 0 Å². The maximum absolute atomic E-state index is 8.64. The Bertz CT molecular complexity index is 182. The highest BCUT2D eigenvalue weighted by Gasteiger charge is 2.14. The van der Waals surface area contributed by atoms with Gasteiger partial charge in [-0.1, -0.05) is 0 Å². The van der Waals surface area contributed by atoms with E-state index in [0.29, 0.717) is 12.6 Å². The molecular formula is C13H28N2O2. The van der Waals surface area contributed by atoms with Gasteiger partial charge in [-0.25, -0.2) is 0 Å². The van der Waals surface area contributed by atoms with Crippen molar-refractivity contribution < 1.29 is 9.84 Å². The van der Waals surface area contributed by atoms with Crippen molar-refractivity contribution in [3.8, 4) is 0 Å². The molecule has 0 aromatic carbocycles. The molecule has 4 nitrogen and oxygen atoms in total. The molecule has 1 heterocycles. The second-order valence-corrected chi connectivity index (χ2v) is 5.01. The minimum Gasteiger partial charge on any atom is -0.394 e. The molecule has 1 saturated heterocycles. The Balaban J connectivity index is 2.13. The summed E-state index contributed by atoms with van der Waals surface area (Å²) in [7, 11) is 0. The zero-order valence-corrected chi connectivity index (χ0v) is 11.4. The third-order valence-corrected chi connectivity index (χ3v) is 3.39. The van der Waals surface area contributed by atoms with E-state index in [1.807, 2.05) is 0 Å². The predicted octanol–water partition coefficient (Wildman–Crippen LogP) is 0.802. The summed E-state index contributed by atoms with van der Waals surface area (Å²) in [6.45, 7) is 11.6. The summed E-state index contributed by atoms with van der Waals surface area (Å²) < 4.78 is 5.33. The minimum atomic E-state index is 0.120. The molecule has 0 amide bonds. The van der Waals surface area contributed by atoms with Crippen molar-refractivity contribution in [2.45, 2.75) is 32.7 Å². The lowest BCUT2D eigenvalue weighted by Gasteiger charge is -2.28. The number of nitrogens with zero attached hydrogens (tertiary/aromatic N) is 2. The summed E-state index contributed by atoms with van der Waals surface area (Å²) in [5.41, 5.74) is 0. The van der Waals surface area contributed by atoms with Gasteiger partial charge < -0.3 is 14.7 Å². The summed E-state index contributed by atoms with van der Waals surface area (Å²) in [6.07, 6.45) is 2.72. The van der Waals surface area contributed by atoms with E-state index in [2.05, 4.69) is 23.6 Å². The molecule has 0 bridgehead atoms. The van der Waals surface area contributed by atoms with Crippen molar-refractivity contribution in [1.29, 1.82) is 0 Å². The van der Waals surface area contributed by atoms with Crippen LogP contribution in [0.1, 0.15) is 26.7 Å². The number of aliphatic hydroxyl groups excluding tert-OH is 1. The highest BCUT2D eigenvalue weighted by molar-refractivity contribution is 4.70. The molecule has 0 unspecified atom stereocenters. The Morgan fingerprint density at radius 2 is 1.88 bits per heavy atom. The normalized spacial score (nSPS) is 17.5. The highest BCUT2D eigenvalue weighted by Crippen LogP contribution is 2.07. The summed E-state index contributed by atoms with van der Waals surface area (Å²) in [4.78, 5) is 5.00. The molecular weight excluding hydrogens is 216 g/mol. The van der Waals surface area contributed by atoms with Crippen LogP contribution in [0.25, 0.3) is 0 Å². The molecule has 102 valence electrons. The van der Waals surface area contributed by atoms with Crippen molar-refractivity contribution in [2.24, 2.45) is 0 Å². The van der Waals surface area contributed by atoms with Crippen LogP contribution in [0.4, 0.5) is 0 Å². The number of hydrogen-bond donors (Lipinski definition) is 1. The molecule has 1 fully saturated rings. The van der Waals surface area contributed by atoms with Crippen LogP contribution in [0.5, 0.6) is 0 Å². The second-order valence-electron chi connectivity index (χ2n) is 5.01. The second kappa shape index (κ2) is 8.86. The topological polar surface area (TPSA) is 35.9 Å². The van der Waals surface area contributed by atoms with Crippen LogP contribution in [0.15, 0.2) is 0 Å². The molecule has 1 rings (SSSR count). The predicted molar refractivity (Wildman–Crippen MR) is 70.3 cm³/mol. The van der Waals surface area contributed by atoms with Crippen LogP contribution in [-0.4, -0.2) is 73.5 Å². The molecule has 1 aliphatic heterocycles. The Labute approximate surface area is 106 Å². The number of hydrogen-bond acceptors (Lipinski definition) is 4. The average Bonchev–Trinajstić information content (AvgIpc) is 2.80. The number of ether oxygens (including phenoxy) is 1. The van der Waals surface area contributed by atoms with E-state index in [4.69, 9.17) is 9.84 Å². The van der Waals surface area contributed by atoms with Crippen molar-refractivity contribution in [2.75, 3.05) is 52.5 Å². The Morgan fingerprint density at radius 3 is 2.47 bits per heavy atom. The summed E-state index contributed by atoms with van der Waals surface area (Å²) in [5, 5.41) is 8.64. The minimum absolute atomic E-state index is 0.120. The highest BCUT2D eigenvalue weighted by atomic mass is 16.5. The van der Waals surface area contributed by atoms with E-state index in [1.165, 1.54) is 32.5 Å². The van der Waals surface area contributed by atoms with Crippen molar-refractivity contribution >= 4 is 0 Å². The van der Waals surface area contributed by atoms with Gasteiger partial charge in [0.25, 0.3) is 0 Å². The number of rotatable bonds is 9. The molecule has 0 atom stereocenters. The molecule has 0 aliphatic carbocycles. The summed E-state index contributed by atoms with van der Waals surface area (Å²) >= 11 is 0. The fourth-order valence-corrected chi connectivity index (χ4v) is 2.25. The van der Waals surface area contributed by atoms with Gasteiger partial charge in [-0.15, -0.1) is 0 Å². The van der Waals surface area contributed by atoms with Gasteiger partial charge in [-0.3, -0.25) is 4.90 Å². The van der Waals surface area contributed by atoms with Crippen LogP contribution in [0, 0.1) is 0 Å². The third kappa shape index (κ3) is 6.36. The van der Waals surface area contributed by atoms with Gasteiger partial charge in [0.05, 0.1) is 19.8 Å². The third-order valence-electron chi connectivity index (χ3n) is 3.39. The lowest BCUT2D eigenvalue weighted by Crippen LogP contribution is -2.39. The summed E-state index contributed by atoms with van der Waals surface area (Å²) in [6, 6.07) is 0.565. The van der Waals surface area contributed by atoms with Crippen LogP contribution in [0.3, 0.4) is 0 Å². The largest absolute Gasteiger partial charge is 0.394 e. The van der Waals surface area contributed by atoms with Crippen LogP contribution < -0.4 is 0 Å². The van der Waals surface area contributed by atoms with E-state index in [0.717, 1.165) is 19.7 Å². The maximum Gasteiger partial charge on any atom is 0.0698 e. The van der Waals surface area contributed by atoms with Crippen molar-refractivity contribution in [3.05, 3.63) is 0 Å². The molecule has 0 aromatic heterocycles. The molecule has 1 aliphatic rings. The molecule has 0 saturated carbocycles. The smallest absolute Gasteiger partial charge is 0.0698 e. The first-order valence-electron chi connectivity index (χ1n) is 6.89. The number of aliphatic hydroxyl groups is 1. The fourth-order valence-electron chi connectivity index (χ4n) is 2.25. The standard InChI is InChI=1S/C13H28N2O2/c1-13(2)15(9-11-17-12-10-16)8-7-14-5-3-4-6-14/h13,16H,3-12H2,1-2H3. The SMILES string of the molecule is CC(C)N(CCOCCO)CCN1CCCC1. The first kappa shape index (κ1) is 14.9. The van der Waals surface area contributed by atoms with E-state index >= 15 is 0 Å². The monoisotopic (exact) mass is 244 g/mol. The Hall–Kier alpha value is -0.160. The first-order valence-corrected chi connectivity index (χ1v) is 6.89. The van der Waals surface area contributed by atoms with Gasteiger partial charge in [-0.2, -0.15) is 0 Å². The Morgan fingerprint density at radius 1 is 1.18 bits per heavy atom. The Kier molecular flexibility index (Phi) is 7.77. The molecule has 0 radical (unpaired) electrons. The molecule has 1 N–H and O–H groups in total. The van der Waals surface area contributed by atoms with Gasteiger partial charge in [0.1, 0.15) is 0 Å². The average molecular weight is 244 g/mol. The van der Waals surface area contributed by atoms with Crippen molar-refractivity contribution in [1.82, 2.24) is 9.80 Å². The fraction of sp³-hybridized carbons (Fsp3) is 1.00. The van der Waals surface area contributed by atoms with Gasteiger partial charge in [0, 0.05) is 25.7 Å². The lowest BCUT2D eigenvalue weighted by atomic mass is 10.3. The molecule has 17 heavy (non-hydrogen) atoms. The molecule has 4 heteroatoms. The van der Waals surface area contributed by atoms with Gasteiger partial charge in [0.15, 0.2) is 0 Å². The number of likely N-dealkylation sites (tertiary alicyclic amines) is 1. The van der Waals surface area contributed by atoms with E-state index < -0.39 is 0 Å². The maximum atomic E-state index is 8.64. The van der Waals surface area contributed by atoms with Gasteiger partial charge in [-0.05, 0) is 39.8 Å². The zero-order valence-electron chi connectivity index (χ0n) is 11.4. The van der Waals surface area contributed by atoms with Crippen LogP contribution >= 0.6 is 0 Å². The van der Waals surface area contributed by atoms with E-state index in [-0.39, 0.29) is 6.61 Å².